The summed E-state index contributed by atoms with van der Waals surface area (Å²) < 4.78 is 38.6. The first kappa shape index (κ1) is 15.2. The number of nitrogen functional groups attached to an aromatic ring is 1. The first-order valence-electron chi connectivity index (χ1n) is 5.41. The van der Waals surface area contributed by atoms with E-state index in [2.05, 4.69) is 5.32 Å². The van der Waals surface area contributed by atoms with E-state index in [1.165, 1.54) is 0 Å². The Labute approximate surface area is 111 Å². The lowest BCUT2D eigenvalue weighted by molar-refractivity contribution is 0.237. The Morgan fingerprint density at radius 2 is 1.89 bits per heavy atom. The van der Waals surface area contributed by atoms with Crippen molar-refractivity contribution in [3.8, 4) is 0 Å². The monoisotopic (exact) mass is 289 g/mol. The summed E-state index contributed by atoms with van der Waals surface area (Å²) in [6.07, 6.45) is 0. The first-order chi connectivity index (χ1) is 8.51. The number of carbonyl (C=O) groups excluding carboxylic acids is 1. The van der Waals surface area contributed by atoms with Crippen LogP contribution in [0.1, 0.15) is 20.8 Å². The van der Waals surface area contributed by atoms with Crippen LogP contribution in [0.25, 0.3) is 0 Å². The lowest BCUT2D eigenvalue weighted by Crippen LogP contribution is -2.48. The number of carbonyl (C=O) groups is 1. The molecule has 1 rings (SSSR count). The van der Waals surface area contributed by atoms with Crippen molar-refractivity contribution in [2.24, 2.45) is 0 Å². The van der Waals surface area contributed by atoms with Crippen LogP contribution in [0.2, 0.25) is 0 Å². The number of hydrogen-bond donors (Lipinski definition) is 3. The number of nitrogens with two attached hydrogens (primary N) is 1. The molecule has 0 bridgehead atoms. The van der Waals surface area contributed by atoms with Crippen LogP contribution in [0.15, 0.2) is 23.1 Å². The molecule has 0 unspecified atom stereocenters. The summed E-state index contributed by atoms with van der Waals surface area (Å²) in [4.78, 5) is 11.0. The molecule has 19 heavy (non-hydrogen) atoms. The second-order valence-electron chi connectivity index (χ2n) is 4.99. The summed E-state index contributed by atoms with van der Waals surface area (Å²) in [6, 6.07) is 1.99. The molecule has 0 saturated heterocycles. The smallest absolute Gasteiger partial charge is 0.329 e. The molecule has 0 aromatic heterocycles. The van der Waals surface area contributed by atoms with Gasteiger partial charge in [-0.25, -0.2) is 22.3 Å². The molecule has 0 heterocycles. The van der Waals surface area contributed by atoms with Gasteiger partial charge in [-0.05, 0) is 39.0 Å². The zero-order valence-corrected chi connectivity index (χ0v) is 11.6. The highest BCUT2D eigenvalue weighted by Gasteiger charge is 2.23. The van der Waals surface area contributed by atoms with Crippen LogP contribution in [0.3, 0.4) is 0 Å². The summed E-state index contributed by atoms with van der Waals surface area (Å²) in [5.74, 6) is -0.759. The second kappa shape index (κ2) is 5.04. The van der Waals surface area contributed by atoms with Gasteiger partial charge in [0.15, 0.2) is 0 Å². The molecule has 0 aliphatic carbocycles. The van der Waals surface area contributed by atoms with Crippen LogP contribution in [-0.2, 0) is 10.0 Å². The number of anilines is 1. The summed E-state index contributed by atoms with van der Waals surface area (Å²) in [7, 11) is -4.21. The summed E-state index contributed by atoms with van der Waals surface area (Å²) in [6.45, 7) is 5.07. The number of hydrogen-bond acceptors (Lipinski definition) is 4. The SMILES string of the molecule is CC(C)(C)NC(=O)NS(=O)(=O)c1cc(F)ccc1N. The van der Waals surface area contributed by atoms with Crippen molar-refractivity contribution < 1.29 is 17.6 Å². The van der Waals surface area contributed by atoms with Gasteiger partial charge < -0.3 is 11.1 Å². The molecular formula is C11H16FN3O3S. The van der Waals surface area contributed by atoms with Crippen LogP contribution in [0, 0.1) is 5.82 Å². The quantitative estimate of drug-likeness (QED) is 0.712. The van der Waals surface area contributed by atoms with E-state index in [0.29, 0.717) is 0 Å². The number of sulfonamides is 1. The van der Waals surface area contributed by atoms with E-state index in [0.717, 1.165) is 18.2 Å². The van der Waals surface area contributed by atoms with Crippen LogP contribution in [0.4, 0.5) is 14.9 Å². The standard InChI is InChI=1S/C11H16FN3O3S/c1-11(2,3)14-10(16)15-19(17,18)9-6-7(12)4-5-8(9)13/h4-6H,13H2,1-3H3,(H2,14,15,16). The Morgan fingerprint density at radius 1 is 1.32 bits per heavy atom. The summed E-state index contributed by atoms with van der Waals surface area (Å²) >= 11 is 0. The number of benzene rings is 1. The van der Waals surface area contributed by atoms with Gasteiger partial charge in [0.2, 0.25) is 0 Å². The Balaban J connectivity index is 2.99. The van der Waals surface area contributed by atoms with Gasteiger partial charge in [0, 0.05) is 5.54 Å². The lowest BCUT2D eigenvalue weighted by atomic mass is 10.1. The largest absolute Gasteiger partial charge is 0.398 e. The van der Waals surface area contributed by atoms with Crippen LogP contribution >= 0.6 is 0 Å². The highest BCUT2D eigenvalue weighted by Crippen LogP contribution is 2.18. The van der Waals surface area contributed by atoms with E-state index in [-0.39, 0.29) is 5.69 Å². The molecule has 1 aromatic rings. The zero-order chi connectivity index (χ0) is 14.8. The van der Waals surface area contributed by atoms with Gasteiger partial charge in [-0.15, -0.1) is 0 Å². The second-order valence-corrected chi connectivity index (χ2v) is 6.64. The molecule has 4 N–H and O–H groups in total. The van der Waals surface area contributed by atoms with Gasteiger partial charge in [0.25, 0.3) is 10.0 Å². The normalized spacial score (nSPS) is 12.0. The average molecular weight is 289 g/mol. The van der Waals surface area contributed by atoms with E-state index in [1.54, 1.807) is 25.5 Å². The number of nitrogens with one attached hydrogen (secondary N) is 2. The van der Waals surface area contributed by atoms with Crippen molar-refractivity contribution in [1.82, 2.24) is 10.0 Å². The van der Waals surface area contributed by atoms with Crippen LogP contribution in [-0.4, -0.2) is 20.0 Å². The number of rotatable bonds is 2. The minimum atomic E-state index is -4.21. The average Bonchev–Trinajstić information content (AvgIpc) is 2.17. The van der Waals surface area contributed by atoms with E-state index in [1.807, 2.05) is 0 Å². The minimum absolute atomic E-state index is 0.141. The summed E-state index contributed by atoms with van der Waals surface area (Å²) in [5.41, 5.74) is 4.72. The maximum atomic E-state index is 13.0. The Bertz CT molecular complexity index is 594. The third-order valence-corrected chi connectivity index (χ3v) is 3.37. The van der Waals surface area contributed by atoms with Crippen molar-refractivity contribution in [2.75, 3.05) is 5.73 Å². The molecule has 1 aromatic carbocycles. The Kier molecular flexibility index (Phi) is 4.04. The van der Waals surface area contributed by atoms with E-state index in [9.17, 15) is 17.6 Å². The van der Waals surface area contributed by atoms with Crippen molar-refractivity contribution in [3.05, 3.63) is 24.0 Å². The first-order valence-corrected chi connectivity index (χ1v) is 6.89. The van der Waals surface area contributed by atoms with Gasteiger partial charge >= 0.3 is 6.03 Å². The van der Waals surface area contributed by atoms with Gasteiger partial charge in [0.05, 0.1) is 5.69 Å². The van der Waals surface area contributed by atoms with Crippen LogP contribution in [0.5, 0.6) is 0 Å². The van der Waals surface area contributed by atoms with E-state index >= 15 is 0 Å². The van der Waals surface area contributed by atoms with Crippen molar-refractivity contribution in [2.45, 2.75) is 31.2 Å². The predicted molar refractivity (Wildman–Crippen MR) is 69.4 cm³/mol. The zero-order valence-electron chi connectivity index (χ0n) is 10.8. The maximum Gasteiger partial charge on any atom is 0.329 e. The summed E-state index contributed by atoms with van der Waals surface area (Å²) in [5, 5.41) is 2.42. The fourth-order valence-corrected chi connectivity index (χ4v) is 2.34. The fourth-order valence-electron chi connectivity index (χ4n) is 1.28. The highest BCUT2D eigenvalue weighted by atomic mass is 32.2. The molecule has 8 heteroatoms. The van der Waals surface area contributed by atoms with E-state index < -0.39 is 32.3 Å². The van der Waals surface area contributed by atoms with Gasteiger partial charge in [0.1, 0.15) is 10.7 Å². The number of urea groups is 1. The van der Waals surface area contributed by atoms with Crippen molar-refractivity contribution >= 4 is 21.7 Å². The lowest BCUT2D eigenvalue weighted by Gasteiger charge is -2.20. The molecule has 0 spiro atoms. The third-order valence-electron chi connectivity index (χ3n) is 1.98. The third kappa shape index (κ3) is 4.40. The molecule has 2 amide bonds. The van der Waals surface area contributed by atoms with E-state index in [4.69, 9.17) is 5.73 Å². The Hall–Kier alpha value is -1.83. The molecule has 6 nitrogen and oxygen atoms in total. The molecule has 0 radical (unpaired) electrons. The topological polar surface area (TPSA) is 101 Å². The Morgan fingerprint density at radius 3 is 2.42 bits per heavy atom. The molecule has 0 saturated carbocycles. The fraction of sp³-hybridized carbons (Fsp3) is 0.364. The van der Waals surface area contributed by atoms with Crippen LogP contribution < -0.4 is 15.8 Å². The highest BCUT2D eigenvalue weighted by molar-refractivity contribution is 7.90. The number of amides is 2. The van der Waals surface area contributed by atoms with Crippen molar-refractivity contribution in [3.63, 3.8) is 0 Å². The minimum Gasteiger partial charge on any atom is -0.398 e. The molecule has 0 fully saturated rings. The predicted octanol–water partition coefficient (Wildman–Crippen LogP) is 1.19. The molecule has 0 atom stereocenters. The molecular weight excluding hydrogens is 273 g/mol. The molecule has 0 aliphatic rings. The molecule has 0 aliphatic heterocycles. The van der Waals surface area contributed by atoms with Gasteiger partial charge in [-0.2, -0.15) is 0 Å². The van der Waals surface area contributed by atoms with Gasteiger partial charge in [-0.1, -0.05) is 0 Å². The molecule has 106 valence electrons. The van der Waals surface area contributed by atoms with Gasteiger partial charge in [-0.3, -0.25) is 0 Å². The van der Waals surface area contributed by atoms with Crippen molar-refractivity contribution in [1.29, 1.82) is 0 Å². The number of halogens is 1. The maximum absolute atomic E-state index is 13.0.